The predicted molar refractivity (Wildman–Crippen MR) is 196 cm³/mol. The molecule has 0 bridgehead atoms. The van der Waals surface area contributed by atoms with Crippen LogP contribution in [0.1, 0.15) is 37.5 Å². The SMILES string of the molecule is CCCCS(=O)c1nc2ccc(-c3ccc(CCCCS(=O)c4sc5nc(-c6ncco6)cc(-c6ccccc6)c5c4N)s3)nc2s1. The zero-order valence-electron chi connectivity index (χ0n) is 25.5. The third kappa shape index (κ3) is 6.86. The number of rotatable bonds is 13. The summed E-state index contributed by atoms with van der Waals surface area (Å²) < 4.78 is 33.0. The van der Waals surface area contributed by atoms with E-state index < -0.39 is 21.6 Å². The molecule has 240 valence electrons. The quantitative estimate of drug-likeness (QED) is 0.117. The number of nitrogens with two attached hydrogens (primary N) is 1. The van der Waals surface area contributed by atoms with Crippen LogP contribution in [0.3, 0.4) is 0 Å². The number of fused-ring (bicyclic) bond motifs is 2. The number of oxazole rings is 1. The van der Waals surface area contributed by atoms with Gasteiger partial charge in [-0.2, -0.15) is 0 Å². The Kier molecular flexibility index (Phi) is 9.68. The molecule has 1 aromatic carbocycles. The van der Waals surface area contributed by atoms with Crippen molar-refractivity contribution in [2.24, 2.45) is 0 Å². The van der Waals surface area contributed by atoms with Gasteiger partial charge in [-0.1, -0.05) is 55.0 Å². The molecule has 0 fully saturated rings. The van der Waals surface area contributed by atoms with Crippen molar-refractivity contribution >= 4 is 81.9 Å². The van der Waals surface area contributed by atoms with Crippen LogP contribution in [0.25, 0.3) is 53.8 Å². The van der Waals surface area contributed by atoms with Gasteiger partial charge in [-0.25, -0.2) is 19.9 Å². The highest BCUT2D eigenvalue weighted by Gasteiger charge is 2.22. The summed E-state index contributed by atoms with van der Waals surface area (Å²) in [5, 5.41) is 0.817. The molecular formula is C34H31N5O3S5. The number of anilines is 1. The normalized spacial score (nSPS) is 13.0. The summed E-state index contributed by atoms with van der Waals surface area (Å²) in [6, 6.07) is 20.1. The molecule has 0 saturated heterocycles. The smallest absolute Gasteiger partial charge is 0.245 e. The summed E-state index contributed by atoms with van der Waals surface area (Å²) in [6.45, 7) is 2.10. The molecule has 6 aromatic heterocycles. The largest absolute Gasteiger partial charge is 0.443 e. The first-order chi connectivity index (χ1) is 23.0. The molecule has 2 atom stereocenters. The Hall–Kier alpha value is -3.62. The third-order valence-corrected chi connectivity index (χ3v) is 14.5. The van der Waals surface area contributed by atoms with Crippen molar-refractivity contribution in [3.8, 4) is 33.3 Å². The molecule has 47 heavy (non-hydrogen) atoms. The van der Waals surface area contributed by atoms with Crippen LogP contribution in [0.15, 0.2) is 86.1 Å². The van der Waals surface area contributed by atoms with E-state index in [1.54, 1.807) is 17.5 Å². The molecular weight excluding hydrogens is 687 g/mol. The lowest BCUT2D eigenvalue weighted by molar-refractivity contribution is 0.572. The maximum Gasteiger partial charge on any atom is 0.245 e. The molecule has 0 aliphatic heterocycles. The first-order valence-electron chi connectivity index (χ1n) is 15.3. The van der Waals surface area contributed by atoms with Crippen LogP contribution in [0.2, 0.25) is 0 Å². The summed E-state index contributed by atoms with van der Waals surface area (Å²) in [4.78, 5) is 22.4. The molecule has 0 saturated carbocycles. The van der Waals surface area contributed by atoms with Crippen LogP contribution >= 0.6 is 34.0 Å². The van der Waals surface area contributed by atoms with Crippen molar-refractivity contribution in [2.75, 3.05) is 17.2 Å². The highest BCUT2D eigenvalue weighted by atomic mass is 32.2. The minimum atomic E-state index is -1.25. The summed E-state index contributed by atoms with van der Waals surface area (Å²) in [5.74, 6) is 1.59. The van der Waals surface area contributed by atoms with Crippen LogP contribution in [-0.4, -0.2) is 39.9 Å². The predicted octanol–water partition coefficient (Wildman–Crippen LogP) is 8.97. The van der Waals surface area contributed by atoms with Crippen LogP contribution < -0.4 is 5.73 Å². The number of hydrogen-bond donors (Lipinski definition) is 1. The Bertz CT molecular complexity index is 2210. The fourth-order valence-electron chi connectivity index (χ4n) is 5.24. The number of hydrogen-bond acceptors (Lipinski definition) is 11. The second-order valence-corrected chi connectivity index (χ2v) is 17.6. The van der Waals surface area contributed by atoms with Gasteiger partial charge in [-0.3, -0.25) is 8.42 Å². The van der Waals surface area contributed by atoms with Gasteiger partial charge in [0.25, 0.3) is 0 Å². The fraction of sp³-hybridized carbons (Fsp3) is 0.235. The van der Waals surface area contributed by atoms with Crippen molar-refractivity contribution in [1.29, 1.82) is 0 Å². The number of aryl methyl sites for hydroxylation is 1. The Morgan fingerprint density at radius 2 is 1.66 bits per heavy atom. The Balaban J connectivity index is 1.02. The first kappa shape index (κ1) is 32.0. The molecule has 13 heteroatoms. The lowest BCUT2D eigenvalue weighted by Crippen LogP contribution is -2.00. The van der Waals surface area contributed by atoms with E-state index in [4.69, 9.17) is 20.1 Å². The van der Waals surface area contributed by atoms with Gasteiger partial charge in [0, 0.05) is 21.8 Å². The molecule has 0 radical (unpaired) electrons. The zero-order valence-corrected chi connectivity index (χ0v) is 29.6. The molecule has 0 amide bonds. The average molecular weight is 718 g/mol. The van der Waals surface area contributed by atoms with E-state index >= 15 is 0 Å². The van der Waals surface area contributed by atoms with E-state index in [2.05, 4.69) is 29.0 Å². The van der Waals surface area contributed by atoms with Crippen LogP contribution in [0, 0.1) is 0 Å². The topological polar surface area (TPSA) is 125 Å². The summed E-state index contributed by atoms with van der Waals surface area (Å²) in [5.41, 5.74) is 11.4. The van der Waals surface area contributed by atoms with E-state index in [9.17, 15) is 8.42 Å². The highest BCUT2D eigenvalue weighted by Crippen LogP contribution is 2.42. The average Bonchev–Trinajstić information content (AvgIpc) is 3.92. The van der Waals surface area contributed by atoms with Crippen molar-refractivity contribution in [3.63, 3.8) is 0 Å². The van der Waals surface area contributed by atoms with Crippen molar-refractivity contribution in [2.45, 2.75) is 47.6 Å². The Labute approximate surface area is 289 Å². The van der Waals surface area contributed by atoms with E-state index in [0.717, 1.165) is 74.4 Å². The number of nitrogen functional groups attached to an aromatic ring is 1. The lowest BCUT2D eigenvalue weighted by atomic mass is 10.0. The van der Waals surface area contributed by atoms with Gasteiger partial charge in [0.05, 0.1) is 44.1 Å². The molecule has 6 heterocycles. The van der Waals surface area contributed by atoms with Crippen LogP contribution in [0.4, 0.5) is 5.69 Å². The molecule has 8 nitrogen and oxygen atoms in total. The number of unbranched alkanes of at least 4 members (excludes halogenated alkanes) is 2. The highest BCUT2D eigenvalue weighted by molar-refractivity contribution is 7.87. The van der Waals surface area contributed by atoms with Gasteiger partial charge in [-0.05, 0) is 67.1 Å². The van der Waals surface area contributed by atoms with E-state index in [1.807, 2.05) is 48.5 Å². The van der Waals surface area contributed by atoms with E-state index in [1.165, 1.54) is 33.8 Å². The standard InChI is InChI=1S/C34H31N5O3S5/c1-2-3-18-47(41)34-39-25-14-13-24(37-31(25)45-34)27-15-12-22(43-27)11-7-8-19-46(40)33-29(35)28-23(21-9-5-4-6-10-21)20-26(38-32(28)44-33)30-36-16-17-42-30/h4-6,9-10,12-17,20H,2-3,7-8,11,18-19,35H2,1H3. The second-order valence-electron chi connectivity index (χ2n) is 10.9. The van der Waals surface area contributed by atoms with E-state index in [0.29, 0.717) is 37.3 Å². The van der Waals surface area contributed by atoms with Gasteiger partial charge in [0.2, 0.25) is 5.89 Å². The molecule has 0 aliphatic rings. The second kappa shape index (κ2) is 14.2. The Morgan fingerprint density at radius 1 is 0.830 bits per heavy atom. The zero-order chi connectivity index (χ0) is 32.3. The molecule has 7 rings (SSSR count). The third-order valence-electron chi connectivity index (χ3n) is 7.64. The molecule has 0 spiro atoms. The van der Waals surface area contributed by atoms with Crippen LogP contribution in [0.5, 0.6) is 0 Å². The minimum absolute atomic E-state index is 0.431. The summed E-state index contributed by atoms with van der Waals surface area (Å²) >= 11 is 4.53. The van der Waals surface area contributed by atoms with Gasteiger partial charge in [-0.15, -0.1) is 22.7 Å². The summed E-state index contributed by atoms with van der Waals surface area (Å²) in [7, 11) is -2.33. The molecule has 2 N–H and O–H groups in total. The number of nitrogens with zero attached hydrogens (tertiary/aromatic N) is 4. The molecule has 2 unspecified atom stereocenters. The number of aromatic nitrogens is 4. The van der Waals surface area contributed by atoms with Gasteiger partial charge >= 0.3 is 0 Å². The number of benzene rings is 1. The van der Waals surface area contributed by atoms with Crippen molar-refractivity contribution < 1.29 is 12.8 Å². The Morgan fingerprint density at radius 3 is 2.47 bits per heavy atom. The van der Waals surface area contributed by atoms with Crippen molar-refractivity contribution in [3.05, 3.63) is 78.0 Å². The maximum absolute atomic E-state index is 13.6. The minimum Gasteiger partial charge on any atom is -0.443 e. The monoisotopic (exact) mass is 717 g/mol. The number of thiazole rings is 1. The van der Waals surface area contributed by atoms with Gasteiger partial charge in [0.1, 0.15) is 31.3 Å². The van der Waals surface area contributed by atoms with Crippen molar-refractivity contribution in [1.82, 2.24) is 19.9 Å². The lowest BCUT2D eigenvalue weighted by Gasteiger charge is -2.07. The summed E-state index contributed by atoms with van der Waals surface area (Å²) in [6.07, 6.45) is 7.66. The number of thiophene rings is 2. The number of pyridine rings is 2. The molecule has 7 aromatic rings. The first-order valence-corrected chi connectivity index (χ1v) is 20.4. The fourth-order valence-corrected chi connectivity index (χ4v) is 11.4. The molecule has 0 aliphatic carbocycles. The van der Waals surface area contributed by atoms with Crippen LogP contribution in [-0.2, 0) is 28.0 Å². The maximum atomic E-state index is 13.6. The van der Waals surface area contributed by atoms with E-state index in [-0.39, 0.29) is 0 Å². The van der Waals surface area contributed by atoms with Gasteiger partial charge in [0.15, 0.2) is 4.34 Å². The van der Waals surface area contributed by atoms with Gasteiger partial charge < -0.3 is 10.2 Å².